The minimum absolute atomic E-state index is 1.09. The van der Waals surface area contributed by atoms with Crippen LogP contribution in [0.3, 0.4) is 0 Å². The lowest BCUT2D eigenvalue weighted by atomic mass is 9.91. The summed E-state index contributed by atoms with van der Waals surface area (Å²) in [6.07, 6.45) is 6.83. The molecular formula is C56H38N2. The summed E-state index contributed by atoms with van der Waals surface area (Å²) in [7, 11) is 0. The first-order valence-corrected chi connectivity index (χ1v) is 20.3. The van der Waals surface area contributed by atoms with Crippen LogP contribution in [-0.4, -0.2) is 4.57 Å². The van der Waals surface area contributed by atoms with Gasteiger partial charge in [-0.3, -0.25) is 0 Å². The molecule has 10 aromatic carbocycles. The molecule has 0 unspecified atom stereocenters. The van der Waals surface area contributed by atoms with Gasteiger partial charge in [-0.25, -0.2) is 0 Å². The van der Waals surface area contributed by atoms with E-state index in [1.54, 1.807) is 0 Å². The van der Waals surface area contributed by atoms with E-state index in [4.69, 9.17) is 0 Å². The van der Waals surface area contributed by atoms with Gasteiger partial charge in [-0.2, -0.15) is 0 Å². The predicted octanol–water partition coefficient (Wildman–Crippen LogP) is 15.5. The molecule has 1 aliphatic rings. The Bertz CT molecular complexity index is 3460. The molecule has 1 aliphatic carbocycles. The molecule has 1 heterocycles. The lowest BCUT2D eigenvalue weighted by Crippen LogP contribution is -2.11. The molecular weight excluding hydrogens is 701 g/mol. The topological polar surface area (TPSA) is 8.17 Å². The molecule has 0 spiro atoms. The van der Waals surface area contributed by atoms with Gasteiger partial charge in [-0.1, -0.05) is 152 Å². The summed E-state index contributed by atoms with van der Waals surface area (Å²) in [5.74, 6) is 0. The van der Waals surface area contributed by atoms with Crippen molar-refractivity contribution >= 4 is 88.0 Å². The molecule has 0 fully saturated rings. The third-order valence-corrected chi connectivity index (χ3v) is 12.3. The van der Waals surface area contributed by atoms with Crippen LogP contribution in [-0.2, 0) is 6.42 Å². The standard InChI is InChI=1S/C56H38N2/c1-2-19-42(20-3-1)58-52-28-13-12-27-51(52)56-54(58)36-39-17-6-9-24-48(39)55(56)41-18-14-21-43(34-41)57(44-31-32-47-40(33-44)30-29-37-15-4-7-22-45(37)47)53-35-38-16-5-8-23-46(38)49-25-10-11-26-50(49)53/h1-3,5-14,16-36H,4,15H2. The lowest BCUT2D eigenvalue weighted by Gasteiger charge is -2.28. The normalized spacial score (nSPS) is 12.6. The lowest BCUT2D eigenvalue weighted by molar-refractivity contribution is 0.990. The minimum Gasteiger partial charge on any atom is -0.310 e. The van der Waals surface area contributed by atoms with Crippen LogP contribution in [0.25, 0.3) is 87.8 Å². The van der Waals surface area contributed by atoms with Crippen LogP contribution in [0.5, 0.6) is 0 Å². The molecule has 0 amide bonds. The van der Waals surface area contributed by atoms with E-state index in [2.05, 4.69) is 216 Å². The fraction of sp³-hybridized carbons (Fsp3) is 0.0357. The van der Waals surface area contributed by atoms with Gasteiger partial charge >= 0.3 is 0 Å². The van der Waals surface area contributed by atoms with Crippen molar-refractivity contribution in [2.24, 2.45) is 0 Å². The van der Waals surface area contributed by atoms with E-state index in [9.17, 15) is 0 Å². The van der Waals surface area contributed by atoms with Crippen LogP contribution in [0.1, 0.15) is 17.5 Å². The van der Waals surface area contributed by atoms with Crippen LogP contribution in [0.4, 0.5) is 17.1 Å². The zero-order chi connectivity index (χ0) is 38.2. The molecule has 58 heavy (non-hydrogen) atoms. The van der Waals surface area contributed by atoms with E-state index in [0.717, 1.165) is 35.6 Å². The maximum absolute atomic E-state index is 2.49. The van der Waals surface area contributed by atoms with Crippen LogP contribution in [0.15, 0.2) is 200 Å². The van der Waals surface area contributed by atoms with Gasteiger partial charge in [0, 0.05) is 33.2 Å². The number of hydrogen-bond acceptors (Lipinski definition) is 1. The average Bonchev–Trinajstić information content (AvgIpc) is 3.62. The first kappa shape index (κ1) is 32.8. The zero-order valence-electron chi connectivity index (χ0n) is 31.9. The molecule has 11 aromatic rings. The van der Waals surface area contributed by atoms with Gasteiger partial charge < -0.3 is 9.47 Å². The molecule has 12 rings (SSSR count). The van der Waals surface area contributed by atoms with Gasteiger partial charge in [0.15, 0.2) is 0 Å². The van der Waals surface area contributed by atoms with Crippen molar-refractivity contribution in [3.05, 3.63) is 211 Å². The number of nitrogens with zero attached hydrogens (tertiary/aromatic N) is 2. The first-order chi connectivity index (χ1) is 28.8. The summed E-state index contributed by atoms with van der Waals surface area (Å²) >= 11 is 0. The summed E-state index contributed by atoms with van der Waals surface area (Å²) in [4.78, 5) is 2.49. The zero-order valence-corrected chi connectivity index (χ0v) is 31.9. The molecule has 0 N–H and O–H groups in total. The van der Waals surface area contributed by atoms with Crippen LogP contribution in [0.2, 0.25) is 0 Å². The van der Waals surface area contributed by atoms with Gasteiger partial charge in [0.2, 0.25) is 0 Å². The van der Waals surface area contributed by atoms with E-state index in [1.807, 2.05) is 0 Å². The molecule has 272 valence electrons. The Labute approximate surface area is 337 Å². The summed E-state index contributed by atoms with van der Waals surface area (Å²) in [6, 6.07) is 71.9. The van der Waals surface area contributed by atoms with Crippen LogP contribution < -0.4 is 4.90 Å². The SMILES string of the molecule is C1=Cc2c(ccc3cc(N(c4cccc(-c5c6ccccc6cc6c5c5ccccc5n6-c5ccccc5)c4)c4cc5ccccc5c5ccccc45)ccc23)CC1. The molecule has 0 saturated carbocycles. The molecule has 1 aromatic heterocycles. The number of benzene rings is 10. The van der Waals surface area contributed by atoms with Gasteiger partial charge in [0.05, 0.1) is 16.7 Å². The van der Waals surface area contributed by atoms with E-state index in [-0.39, 0.29) is 0 Å². The highest BCUT2D eigenvalue weighted by molar-refractivity contribution is 6.23. The van der Waals surface area contributed by atoms with E-state index < -0.39 is 0 Å². The molecule has 0 aliphatic heterocycles. The summed E-state index contributed by atoms with van der Waals surface area (Å²) in [6.45, 7) is 0. The fourth-order valence-corrected chi connectivity index (χ4v) is 9.77. The number of aromatic nitrogens is 1. The number of anilines is 3. The summed E-state index contributed by atoms with van der Waals surface area (Å²) < 4.78 is 2.43. The van der Waals surface area contributed by atoms with Gasteiger partial charge in [-0.05, 0) is 127 Å². The maximum atomic E-state index is 2.49. The second-order valence-corrected chi connectivity index (χ2v) is 15.6. The largest absolute Gasteiger partial charge is 0.310 e. The maximum Gasteiger partial charge on any atom is 0.0553 e. The smallest absolute Gasteiger partial charge is 0.0553 e. The number of aryl methyl sites for hydroxylation is 1. The molecule has 0 bridgehead atoms. The van der Waals surface area contributed by atoms with Gasteiger partial charge in [0.1, 0.15) is 0 Å². The Kier molecular flexibility index (Phi) is 7.39. The second kappa shape index (κ2) is 13.1. The van der Waals surface area contributed by atoms with E-state index in [0.29, 0.717) is 0 Å². The Morgan fingerprint density at radius 1 is 0.431 bits per heavy atom. The number of allylic oxidation sites excluding steroid dienone is 1. The quantitative estimate of drug-likeness (QED) is 0.160. The monoisotopic (exact) mass is 738 g/mol. The Morgan fingerprint density at radius 2 is 1.12 bits per heavy atom. The molecule has 0 atom stereocenters. The van der Waals surface area contributed by atoms with E-state index >= 15 is 0 Å². The van der Waals surface area contributed by atoms with Crippen molar-refractivity contribution in [2.45, 2.75) is 12.8 Å². The first-order valence-electron chi connectivity index (χ1n) is 20.3. The van der Waals surface area contributed by atoms with Crippen LogP contribution >= 0.6 is 0 Å². The van der Waals surface area contributed by atoms with Crippen molar-refractivity contribution in [1.82, 2.24) is 4.57 Å². The predicted molar refractivity (Wildman–Crippen MR) is 248 cm³/mol. The van der Waals surface area contributed by atoms with E-state index in [1.165, 1.54) is 87.1 Å². The average molecular weight is 739 g/mol. The van der Waals surface area contributed by atoms with Gasteiger partial charge in [-0.15, -0.1) is 0 Å². The number of para-hydroxylation sites is 2. The van der Waals surface area contributed by atoms with Crippen LogP contribution in [0, 0.1) is 0 Å². The van der Waals surface area contributed by atoms with Crippen molar-refractivity contribution in [3.63, 3.8) is 0 Å². The van der Waals surface area contributed by atoms with Crippen molar-refractivity contribution in [3.8, 4) is 16.8 Å². The Balaban J connectivity index is 1.15. The third-order valence-electron chi connectivity index (χ3n) is 12.3. The third kappa shape index (κ3) is 5.05. The van der Waals surface area contributed by atoms with Crippen molar-refractivity contribution in [1.29, 1.82) is 0 Å². The van der Waals surface area contributed by atoms with Crippen molar-refractivity contribution < 1.29 is 0 Å². The highest BCUT2D eigenvalue weighted by Crippen LogP contribution is 2.47. The number of fused-ring (bicyclic) bond motifs is 10. The highest BCUT2D eigenvalue weighted by Gasteiger charge is 2.22. The highest BCUT2D eigenvalue weighted by atomic mass is 15.1. The summed E-state index contributed by atoms with van der Waals surface area (Å²) in [5.41, 5.74) is 12.2. The Hall–Kier alpha value is -7.42. The summed E-state index contributed by atoms with van der Waals surface area (Å²) in [5, 5.41) is 12.5. The van der Waals surface area contributed by atoms with Gasteiger partial charge in [0.25, 0.3) is 0 Å². The molecule has 2 nitrogen and oxygen atoms in total. The second-order valence-electron chi connectivity index (χ2n) is 15.6. The molecule has 0 radical (unpaired) electrons. The minimum atomic E-state index is 1.09. The number of rotatable bonds is 5. The fourth-order valence-electron chi connectivity index (χ4n) is 9.77. The molecule has 0 saturated heterocycles. The Morgan fingerprint density at radius 3 is 1.98 bits per heavy atom. The number of hydrogen-bond donors (Lipinski definition) is 0. The molecule has 2 heteroatoms. The van der Waals surface area contributed by atoms with Crippen molar-refractivity contribution in [2.75, 3.05) is 4.90 Å².